The van der Waals surface area contributed by atoms with Crippen LogP contribution in [0.2, 0.25) is 0 Å². The molecule has 3 aliphatic carbocycles. The van der Waals surface area contributed by atoms with Crippen LogP contribution in [0.3, 0.4) is 0 Å². The van der Waals surface area contributed by atoms with Gasteiger partial charge in [-0.05, 0) is 90.9 Å². The van der Waals surface area contributed by atoms with Crippen molar-refractivity contribution in [2.45, 2.75) is 97.7 Å². The molecule has 1 aliphatic heterocycles. The molecule has 1 heterocycles. The molecule has 4 rings (SSSR count). The van der Waals surface area contributed by atoms with E-state index in [1.807, 2.05) is 13.8 Å². The van der Waals surface area contributed by atoms with Gasteiger partial charge >= 0.3 is 5.97 Å². The summed E-state index contributed by atoms with van der Waals surface area (Å²) in [4.78, 5) is 12.9. The Morgan fingerprint density at radius 3 is 2.48 bits per heavy atom. The van der Waals surface area contributed by atoms with E-state index in [1.165, 1.54) is 6.42 Å². The van der Waals surface area contributed by atoms with E-state index in [0.717, 1.165) is 50.5 Å². The molecule has 0 bridgehead atoms. The Labute approximate surface area is 188 Å². The van der Waals surface area contributed by atoms with Gasteiger partial charge < -0.3 is 14.9 Å². The molecule has 4 fully saturated rings. The minimum Gasteiger partial charge on any atom is -0.465 e. The van der Waals surface area contributed by atoms with Crippen molar-refractivity contribution in [1.29, 1.82) is 0 Å². The Morgan fingerprint density at radius 1 is 1.06 bits per heavy atom. The van der Waals surface area contributed by atoms with E-state index in [9.17, 15) is 15.0 Å². The zero-order valence-electron chi connectivity index (χ0n) is 20.1. The van der Waals surface area contributed by atoms with Gasteiger partial charge in [0.2, 0.25) is 0 Å². The Kier molecular flexibility index (Phi) is 6.37. The highest BCUT2D eigenvalue weighted by molar-refractivity contribution is 5.74. The molecule has 4 heteroatoms. The third-order valence-electron chi connectivity index (χ3n) is 10.4. The van der Waals surface area contributed by atoms with Crippen molar-refractivity contribution in [1.82, 2.24) is 0 Å². The summed E-state index contributed by atoms with van der Waals surface area (Å²) in [7, 11) is 0. The number of hydrogen-bond acceptors (Lipinski definition) is 4. The molecule has 0 radical (unpaired) electrons. The van der Waals surface area contributed by atoms with E-state index in [2.05, 4.69) is 20.4 Å². The van der Waals surface area contributed by atoms with Crippen molar-refractivity contribution >= 4 is 5.97 Å². The second-order valence-corrected chi connectivity index (χ2v) is 12.1. The first-order chi connectivity index (χ1) is 14.6. The number of cyclic esters (lactones) is 1. The minimum absolute atomic E-state index is 0.0543. The fourth-order valence-electron chi connectivity index (χ4n) is 8.31. The van der Waals surface area contributed by atoms with Crippen LogP contribution < -0.4 is 0 Å². The van der Waals surface area contributed by atoms with Gasteiger partial charge in [0.25, 0.3) is 0 Å². The summed E-state index contributed by atoms with van der Waals surface area (Å²) in [5, 5.41) is 21.4. The lowest BCUT2D eigenvalue weighted by Crippen LogP contribution is -2.50. The third-order valence-corrected chi connectivity index (χ3v) is 10.4. The average Bonchev–Trinajstić information content (AvgIpc) is 3.01. The summed E-state index contributed by atoms with van der Waals surface area (Å²) >= 11 is 0. The molecule has 0 amide bonds. The first-order valence-electron chi connectivity index (χ1n) is 12.8. The van der Waals surface area contributed by atoms with Crippen LogP contribution in [0.1, 0.15) is 85.5 Å². The van der Waals surface area contributed by atoms with Gasteiger partial charge in [-0.1, -0.05) is 47.1 Å². The highest BCUT2D eigenvalue weighted by Gasteiger charge is 2.60. The summed E-state index contributed by atoms with van der Waals surface area (Å²) in [6.45, 7) is 13.4. The van der Waals surface area contributed by atoms with Crippen LogP contribution >= 0.6 is 0 Å². The highest BCUT2D eigenvalue weighted by Crippen LogP contribution is 2.65. The SMILES string of the molecule is C=C(C(C)C)C(O)C(O)CC1CCC2C3COC(=O)C4CCCCC4(C)C3CCC12C. The molecule has 0 aromatic heterocycles. The van der Waals surface area contributed by atoms with Gasteiger partial charge in [-0.15, -0.1) is 0 Å². The lowest BCUT2D eigenvalue weighted by molar-refractivity contribution is -0.153. The fraction of sp³-hybridized carbons (Fsp3) is 0.889. The van der Waals surface area contributed by atoms with Gasteiger partial charge in [0.05, 0.1) is 18.6 Å². The summed E-state index contributed by atoms with van der Waals surface area (Å²) in [5.41, 5.74) is 0.960. The summed E-state index contributed by atoms with van der Waals surface area (Å²) in [5.74, 6) is 2.24. The number of carbonyl (C=O) groups is 1. The molecule has 31 heavy (non-hydrogen) atoms. The smallest absolute Gasteiger partial charge is 0.309 e. The predicted octanol–water partition coefficient (Wildman–Crippen LogP) is 5.12. The number of carbonyl (C=O) groups excluding carboxylic acids is 1. The van der Waals surface area contributed by atoms with Gasteiger partial charge in [0.1, 0.15) is 6.10 Å². The summed E-state index contributed by atoms with van der Waals surface area (Å²) in [6.07, 6.45) is 8.14. The van der Waals surface area contributed by atoms with Crippen LogP contribution in [0.25, 0.3) is 0 Å². The van der Waals surface area contributed by atoms with E-state index < -0.39 is 12.2 Å². The lowest BCUT2D eigenvalue weighted by atomic mass is 9.49. The molecular weight excluding hydrogens is 388 g/mol. The third kappa shape index (κ3) is 3.80. The van der Waals surface area contributed by atoms with Crippen molar-refractivity contribution in [2.75, 3.05) is 6.61 Å². The van der Waals surface area contributed by atoms with E-state index in [1.54, 1.807) is 0 Å². The number of rotatable bonds is 5. The van der Waals surface area contributed by atoms with E-state index in [0.29, 0.717) is 36.7 Å². The first-order valence-corrected chi connectivity index (χ1v) is 12.8. The summed E-state index contributed by atoms with van der Waals surface area (Å²) < 4.78 is 5.93. The van der Waals surface area contributed by atoms with Crippen LogP contribution in [0.5, 0.6) is 0 Å². The molecule has 0 aromatic rings. The zero-order chi connectivity index (χ0) is 22.6. The predicted molar refractivity (Wildman–Crippen MR) is 122 cm³/mol. The number of aliphatic hydroxyl groups excluding tert-OH is 2. The molecule has 4 nitrogen and oxygen atoms in total. The first kappa shape index (κ1) is 23.3. The van der Waals surface area contributed by atoms with E-state index >= 15 is 0 Å². The van der Waals surface area contributed by atoms with Crippen LogP contribution in [0, 0.1) is 46.3 Å². The van der Waals surface area contributed by atoms with Crippen molar-refractivity contribution in [3.63, 3.8) is 0 Å². The van der Waals surface area contributed by atoms with Crippen molar-refractivity contribution in [3.05, 3.63) is 12.2 Å². The molecule has 9 unspecified atom stereocenters. The Hall–Kier alpha value is -0.870. The maximum Gasteiger partial charge on any atom is 0.309 e. The molecule has 176 valence electrons. The van der Waals surface area contributed by atoms with E-state index in [4.69, 9.17) is 4.74 Å². The van der Waals surface area contributed by atoms with Crippen LogP contribution in [-0.4, -0.2) is 35.0 Å². The van der Waals surface area contributed by atoms with Crippen molar-refractivity contribution < 1.29 is 19.7 Å². The Balaban J connectivity index is 1.53. The van der Waals surface area contributed by atoms with Gasteiger partial charge in [-0.25, -0.2) is 0 Å². The normalized spacial score (nSPS) is 44.5. The molecule has 4 aliphatic rings. The van der Waals surface area contributed by atoms with Crippen LogP contribution in [0.15, 0.2) is 12.2 Å². The number of hydrogen-bond donors (Lipinski definition) is 2. The Morgan fingerprint density at radius 2 is 1.77 bits per heavy atom. The lowest BCUT2D eigenvalue weighted by Gasteiger charge is -2.54. The van der Waals surface area contributed by atoms with Gasteiger partial charge in [0.15, 0.2) is 0 Å². The molecule has 2 N–H and O–H groups in total. The molecule has 9 atom stereocenters. The number of esters is 1. The summed E-state index contributed by atoms with van der Waals surface area (Å²) in [6, 6.07) is 0. The second kappa shape index (κ2) is 8.48. The molecule has 3 saturated carbocycles. The van der Waals surface area contributed by atoms with Crippen molar-refractivity contribution in [2.24, 2.45) is 46.3 Å². The number of fused-ring (bicyclic) bond motifs is 5. The topological polar surface area (TPSA) is 66.8 Å². The molecule has 0 spiro atoms. The quantitative estimate of drug-likeness (QED) is 0.467. The van der Waals surface area contributed by atoms with Gasteiger partial charge in [-0.2, -0.15) is 0 Å². The maximum atomic E-state index is 12.9. The van der Waals surface area contributed by atoms with Crippen LogP contribution in [-0.2, 0) is 9.53 Å². The maximum absolute atomic E-state index is 12.9. The second-order valence-electron chi connectivity index (χ2n) is 12.1. The number of aliphatic hydroxyl groups is 2. The fourth-order valence-corrected chi connectivity index (χ4v) is 8.31. The van der Waals surface area contributed by atoms with E-state index in [-0.39, 0.29) is 28.6 Å². The van der Waals surface area contributed by atoms with Gasteiger partial charge in [0, 0.05) is 0 Å². The largest absolute Gasteiger partial charge is 0.465 e. The molecule has 0 aromatic carbocycles. The standard InChI is InChI=1S/C27H44O4/c1-16(2)17(3)24(29)23(28)14-18-9-10-20-19-15-31-25(30)22-8-6-7-12-27(22,5)21(19)11-13-26(18,20)4/h16,18-24,28-29H,3,6-15H2,1-2,4-5H3. The number of ether oxygens (including phenoxy) is 1. The zero-order valence-corrected chi connectivity index (χ0v) is 20.1. The average molecular weight is 433 g/mol. The molecular formula is C27H44O4. The Bertz CT molecular complexity index is 701. The highest BCUT2D eigenvalue weighted by atomic mass is 16.5. The molecule has 1 saturated heterocycles. The van der Waals surface area contributed by atoms with Crippen LogP contribution in [0.4, 0.5) is 0 Å². The minimum atomic E-state index is -0.847. The van der Waals surface area contributed by atoms with Crippen molar-refractivity contribution in [3.8, 4) is 0 Å². The van der Waals surface area contributed by atoms with Gasteiger partial charge in [-0.3, -0.25) is 4.79 Å². The monoisotopic (exact) mass is 432 g/mol.